The van der Waals surface area contributed by atoms with E-state index < -0.39 is 7.14 Å². The molecule has 0 fully saturated rings. The highest BCUT2D eigenvalue weighted by atomic mass is 31.2. The summed E-state index contributed by atoms with van der Waals surface area (Å²) in [5, 5.41) is 8.76. The third-order valence-corrected chi connectivity index (χ3v) is 4.06. The molecule has 0 heterocycles. The average molecular weight is 178 g/mol. The van der Waals surface area contributed by atoms with Crippen LogP contribution in [-0.2, 0) is 4.57 Å². The van der Waals surface area contributed by atoms with Gasteiger partial charge in [-0.2, -0.15) is 0 Å². The fourth-order valence-corrected chi connectivity index (χ4v) is 2.63. The molecule has 2 nitrogen and oxygen atoms in total. The van der Waals surface area contributed by atoms with Crippen LogP contribution in [0.25, 0.3) is 0 Å². The van der Waals surface area contributed by atoms with Crippen molar-refractivity contribution in [2.45, 2.75) is 20.8 Å². The number of hydrogen-bond acceptors (Lipinski definition) is 2. The van der Waals surface area contributed by atoms with Crippen LogP contribution in [0.4, 0.5) is 0 Å². The van der Waals surface area contributed by atoms with Gasteiger partial charge in [0.05, 0.1) is 6.35 Å². The molecule has 0 spiro atoms. The number of aliphatic hydroxyl groups excluding tert-OH is 1. The maximum atomic E-state index is 11.4. The van der Waals surface area contributed by atoms with Gasteiger partial charge < -0.3 is 9.67 Å². The van der Waals surface area contributed by atoms with Crippen LogP contribution in [0.1, 0.15) is 20.8 Å². The molecule has 3 heteroatoms. The summed E-state index contributed by atoms with van der Waals surface area (Å²) in [7, 11) is -2.23. The van der Waals surface area contributed by atoms with E-state index in [1.54, 1.807) is 6.66 Å². The van der Waals surface area contributed by atoms with Crippen molar-refractivity contribution in [2.24, 2.45) is 11.8 Å². The zero-order chi connectivity index (χ0) is 9.07. The van der Waals surface area contributed by atoms with E-state index in [0.717, 1.165) is 0 Å². The molecule has 0 saturated carbocycles. The molecule has 0 aliphatic heterocycles. The molecule has 0 aliphatic carbocycles. The summed E-state index contributed by atoms with van der Waals surface area (Å²) in [6, 6.07) is 0. The molecule has 0 aromatic rings. The lowest BCUT2D eigenvalue weighted by atomic mass is 10.0. The molecule has 0 aromatic carbocycles. The van der Waals surface area contributed by atoms with Crippen molar-refractivity contribution >= 4 is 7.14 Å². The van der Waals surface area contributed by atoms with Gasteiger partial charge in [-0.1, -0.05) is 20.8 Å². The highest BCUT2D eigenvalue weighted by Gasteiger charge is 2.19. The molecule has 0 saturated heterocycles. The molecule has 0 bridgehead atoms. The summed E-state index contributed by atoms with van der Waals surface area (Å²) in [6.45, 7) is 7.98. The van der Waals surface area contributed by atoms with Crippen molar-refractivity contribution in [1.29, 1.82) is 0 Å². The molecule has 0 rings (SSSR count). The Morgan fingerprint density at radius 3 is 2.09 bits per heavy atom. The minimum absolute atomic E-state index is 0.149. The second-order valence-corrected chi connectivity index (χ2v) is 7.08. The van der Waals surface area contributed by atoms with Gasteiger partial charge in [-0.05, 0) is 18.5 Å². The number of hydrogen-bond donors (Lipinski definition) is 1. The monoisotopic (exact) mass is 178 g/mol. The Morgan fingerprint density at radius 1 is 1.36 bits per heavy atom. The van der Waals surface area contributed by atoms with E-state index in [4.69, 9.17) is 5.11 Å². The van der Waals surface area contributed by atoms with Gasteiger partial charge in [0.1, 0.15) is 7.14 Å². The van der Waals surface area contributed by atoms with E-state index in [-0.39, 0.29) is 6.35 Å². The number of rotatable bonds is 4. The van der Waals surface area contributed by atoms with Gasteiger partial charge in [0.25, 0.3) is 0 Å². The van der Waals surface area contributed by atoms with Crippen molar-refractivity contribution in [3.8, 4) is 0 Å². The lowest BCUT2D eigenvalue weighted by molar-refractivity contribution is 0.354. The second kappa shape index (κ2) is 4.27. The Balaban J connectivity index is 3.94. The van der Waals surface area contributed by atoms with Gasteiger partial charge in [-0.25, -0.2) is 0 Å². The lowest BCUT2D eigenvalue weighted by Crippen LogP contribution is -2.10. The van der Waals surface area contributed by atoms with E-state index >= 15 is 0 Å². The fraction of sp³-hybridized carbons (Fsp3) is 1.00. The van der Waals surface area contributed by atoms with Gasteiger partial charge in [0.2, 0.25) is 0 Å². The van der Waals surface area contributed by atoms with Crippen molar-refractivity contribution < 1.29 is 9.67 Å². The van der Waals surface area contributed by atoms with Gasteiger partial charge in [-0.3, -0.25) is 0 Å². The summed E-state index contributed by atoms with van der Waals surface area (Å²) < 4.78 is 11.4. The summed E-state index contributed by atoms with van der Waals surface area (Å²) in [5.74, 6) is 0.993. The van der Waals surface area contributed by atoms with Gasteiger partial charge >= 0.3 is 0 Å². The maximum absolute atomic E-state index is 11.4. The molecule has 1 N–H and O–H groups in total. The Labute approximate surface area is 69.4 Å². The Bertz CT molecular complexity index is 154. The summed E-state index contributed by atoms with van der Waals surface area (Å²) in [5.41, 5.74) is 0. The Hall–Kier alpha value is 0.190. The van der Waals surface area contributed by atoms with Crippen LogP contribution < -0.4 is 0 Å². The fourth-order valence-electron chi connectivity index (χ4n) is 0.878. The zero-order valence-corrected chi connectivity index (χ0v) is 8.77. The molecular weight excluding hydrogens is 159 g/mol. The second-order valence-electron chi connectivity index (χ2n) is 3.84. The van der Waals surface area contributed by atoms with Crippen molar-refractivity contribution in [3.05, 3.63) is 0 Å². The van der Waals surface area contributed by atoms with Crippen molar-refractivity contribution in [3.63, 3.8) is 0 Å². The Morgan fingerprint density at radius 2 is 1.82 bits per heavy atom. The highest BCUT2D eigenvalue weighted by Crippen LogP contribution is 2.42. The first-order valence-electron chi connectivity index (χ1n) is 4.05. The van der Waals surface area contributed by atoms with Crippen molar-refractivity contribution in [1.82, 2.24) is 0 Å². The normalized spacial score (nSPS) is 19.8. The first kappa shape index (κ1) is 11.2. The van der Waals surface area contributed by atoms with Gasteiger partial charge in [-0.15, -0.1) is 0 Å². The maximum Gasteiger partial charge on any atom is 0.109 e. The SMILES string of the molecule is CC(C)C(C)CP(C)(=O)CO. The van der Waals surface area contributed by atoms with Crippen LogP contribution in [0, 0.1) is 11.8 Å². The minimum Gasteiger partial charge on any atom is -0.389 e. The average Bonchev–Trinajstić information content (AvgIpc) is 1.87. The minimum atomic E-state index is -2.23. The van der Waals surface area contributed by atoms with Crippen molar-refractivity contribution in [2.75, 3.05) is 19.2 Å². The third-order valence-electron chi connectivity index (χ3n) is 2.11. The van der Waals surface area contributed by atoms with Gasteiger partial charge in [0, 0.05) is 6.16 Å². The van der Waals surface area contributed by atoms with Crippen LogP contribution in [0.5, 0.6) is 0 Å². The number of aliphatic hydroxyl groups is 1. The molecule has 68 valence electrons. The quantitative estimate of drug-likeness (QED) is 0.670. The molecule has 0 aromatic heterocycles. The Kier molecular flexibility index (Phi) is 4.35. The highest BCUT2D eigenvalue weighted by molar-refractivity contribution is 7.62. The van der Waals surface area contributed by atoms with Gasteiger partial charge in [0.15, 0.2) is 0 Å². The molecule has 0 aliphatic rings. The van der Waals surface area contributed by atoms with Crippen LogP contribution >= 0.6 is 7.14 Å². The summed E-state index contributed by atoms with van der Waals surface area (Å²) in [4.78, 5) is 0. The van der Waals surface area contributed by atoms with E-state index in [2.05, 4.69) is 20.8 Å². The van der Waals surface area contributed by atoms with Crippen LogP contribution in [-0.4, -0.2) is 24.3 Å². The predicted octanol–water partition coefficient (Wildman–Crippen LogP) is 2.22. The third kappa shape index (κ3) is 4.60. The summed E-state index contributed by atoms with van der Waals surface area (Å²) >= 11 is 0. The molecule has 2 atom stereocenters. The van der Waals surface area contributed by atoms with E-state index in [0.29, 0.717) is 18.0 Å². The van der Waals surface area contributed by atoms with E-state index in [1.165, 1.54) is 0 Å². The standard InChI is InChI=1S/C8H19O2P/c1-7(2)8(3)5-11(4,10)6-9/h7-9H,5-6H2,1-4H3. The molecule has 0 radical (unpaired) electrons. The van der Waals surface area contributed by atoms with Crippen LogP contribution in [0.3, 0.4) is 0 Å². The zero-order valence-electron chi connectivity index (χ0n) is 7.87. The first-order valence-corrected chi connectivity index (χ1v) is 6.58. The largest absolute Gasteiger partial charge is 0.389 e. The molecule has 0 amide bonds. The lowest BCUT2D eigenvalue weighted by Gasteiger charge is -2.18. The molecular formula is C8H19O2P. The topological polar surface area (TPSA) is 37.3 Å². The summed E-state index contributed by atoms with van der Waals surface area (Å²) in [6.07, 6.45) is 0.519. The van der Waals surface area contributed by atoms with Crippen LogP contribution in [0.2, 0.25) is 0 Å². The smallest absolute Gasteiger partial charge is 0.109 e. The predicted molar refractivity (Wildman–Crippen MR) is 49.5 cm³/mol. The first-order chi connectivity index (χ1) is 4.89. The van der Waals surface area contributed by atoms with E-state index in [1.807, 2.05) is 0 Å². The van der Waals surface area contributed by atoms with Crippen LogP contribution in [0.15, 0.2) is 0 Å². The molecule has 2 unspecified atom stereocenters. The van der Waals surface area contributed by atoms with E-state index in [9.17, 15) is 4.57 Å². The molecule has 11 heavy (non-hydrogen) atoms.